The molecule has 1 saturated carbocycles. The van der Waals surface area contributed by atoms with Crippen LogP contribution < -0.4 is 9.47 Å². The fraction of sp³-hybridized carbons (Fsp3) is 0.636. The minimum absolute atomic E-state index is 0.0135. The van der Waals surface area contributed by atoms with E-state index in [1.54, 1.807) is 18.2 Å². The molecule has 0 spiro atoms. The minimum atomic E-state index is -0.794. The monoisotopic (exact) mass is 426 g/mol. The zero-order chi connectivity index (χ0) is 21.6. The highest BCUT2D eigenvalue weighted by Gasteiger charge is 2.39. The lowest BCUT2D eigenvalue weighted by molar-refractivity contribution is -0.149. The van der Waals surface area contributed by atoms with Crippen LogP contribution in [0.25, 0.3) is 0 Å². The number of methoxy groups -OCH3 is 2. The number of Topliss-reactive ketones (excluding diaryl/α,β-unsaturated/α-hetero) is 1. The van der Waals surface area contributed by atoms with E-state index in [9.17, 15) is 9.59 Å². The molecule has 0 amide bonds. The average molecular weight is 426 g/mol. The summed E-state index contributed by atoms with van der Waals surface area (Å²) in [5.74, 6) is -0.581. The molecule has 2 atom stereocenters. The van der Waals surface area contributed by atoms with Crippen LogP contribution in [-0.2, 0) is 14.1 Å². The number of carbonyl (C=O) groups is 2. The zero-order valence-electron chi connectivity index (χ0n) is 17.9. The fourth-order valence-electron chi connectivity index (χ4n) is 3.85. The van der Waals surface area contributed by atoms with Crippen molar-refractivity contribution in [1.82, 2.24) is 0 Å². The molecule has 164 valence electrons. The van der Waals surface area contributed by atoms with Crippen LogP contribution >= 0.6 is 9.12 Å². The maximum Gasteiger partial charge on any atom is 0.317 e. The quantitative estimate of drug-likeness (QED) is 0.177. The molecule has 7 heteroatoms. The summed E-state index contributed by atoms with van der Waals surface area (Å²) in [7, 11) is 3.65. The Labute approximate surface area is 175 Å². The minimum Gasteiger partial charge on any atom is -0.496 e. The topological polar surface area (TPSA) is 78.9 Å². The third-order valence-electron chi connectivity index (χ3n) is 5.32. The predicted octanol–water partition coefficient (Wildman–Crippen LogP) is 4.76. The second-order valence-electron chi connectivity index (χ2n) is 7.15. The number of hydrogen-bond acceptors (Lipinski definition) is 6. The van der Waals surface area contributed by atoms with Gasteiger partial charge in [0, 0.05) is 0 Å². The van der Waals surface area contributed by atoms with Gasteiger partial charge in [-0.3, -0.25) is 9.59 Å². The van der Waals surface area contributed by atoms with Crippen molar-refractivity contribution in [1.29, 1.82) is 0 Å². The van der Waals surface area contributed by atoms with E-state index >= 15 is 0 Å². The van der Waals surface area contributed by atoms with Crippen molar-refractivity contribution in [2.75, 3.05) is 20.8 Å². The number of hydrogen-bond donors (Lipinski definition) is 0. The van der Waals surface area contributed by atoms with Gasteiger partial charge >= 0.3 is 5.97 Å². The molecule has 2 rings (SSSR count). The van der Waals surface area contributed by atoms with Crippen molar-refractivity contribution < 1.29 is 28.4 Å². The number of esters is 1. The van der Waals surface area contributed by atoms with Gasteiger partial charge in [0.05, 0.1) is 29.9 Å². The fourth-order valence-corrected chi connectivity index (χ4v) is 3.85. The predicted molar refractivity (Wildman–Crippen MR) is 116 cm³/mol. The van der Waals surface area contributed by atoms with Crippen molar-refractivity contribution in [2.45, 2.75) is 58.3 Å². The first kappa shape index (κ1) is 25.2. The summed E-state index contributed by atoms with van der Waals surface area (Å²) in [6, 6.07) is 5.22. The van der Waals surface area contributed by atoms with Crippen LogP contribution in [0.1, 0.15) is 68.6 Å². The highest BCUT2D eigenvalue weighted by Crippen LogP contribution is 2.37. The van der Waals surface area contributed by atoms with Gasteiger partial charge < -0.3 is 18.8 Å². The first-order valence-corrected chi connectivity index (χ1v) is 10.9. The molecular weight excluding hydrogens is 391 g/mol. The smallest absolute Gasteiger partial charge is 0.317 e. The van der Waals surface area contributed by atoms with Crippen LogP contribution in [-0.4, -0.2) is 32.6 Å². The van der Waals surface area contributed by atoms with Gasteiger partial charge in [0.2, 0.25) is 0 Å². The number of rotatable bonds is 10. The molecule has 1 aliphatic rings. The Kier molecular flexibility index (Phi) is 12.4. The van der Waals surface area contributed by atoms with Crippen molar-refractivity contribution >= 4 is 20.9 Å². The Morgan fingerprint density at radius 3 is 2.14 bits per heavy atom. The number of ether oxygens (including phenoxy) is 3. The first-order chi connectivity index (χ1) is 14.1. The molecule has 2 unspecified atom stereocenters. The molecule has 1 fully saturated rings. The van der Waals surface area contributed by atoms with E-state index in [0.29, 0.717) is 32.8 Å². The summed E-state index contributed by atoms with van der Waals surface area (Å²) in [5.41, 5.74) is 0.337. The van der Waals surface area contributed by atoms with Crippen LogP contribution in [0.4, 0.5) is 0 Å². The summed E-state index contributed by atoms with van der Waals surface area (Å²) in [6.45, 7) is 2.47. The zero-order valence-corrected chi connectivity index (χ0v) is 19.3. The number of benzene rings is 1. The SMILES string of the molecule is CCCCCOC(=O)C(C(=O)c1c(OC)cccc1OC)C1CCCCC1.O=[PH3]. The average Bonchev–Trinajstić information content (AvgIpc) is 2.78. The lowest BCUT2D eigenvalue weighted by Crippen LogP contribution is -2.35. The third kappa shape index (κ3) is 7.18. The van der Waals surface area contributed by atoms with Gasteiger partial charge in [-0.25, -0.2) is 0 Å². The Hall–Kier alpha value is -1.81. The van der Waals surface area contributed by atoms with Gasteiger partial charge in [0.1, 0.15) is 23.0 Å². The van der Waals surface area contributed by atoms with Crippen molar-refractivity contribution in [3.63, 3.8) is 0 Å². The Bertz CT molecular complexity index is 620. The normalized spacial score (nSPS) is 15.0. The Morgan fingerprint density at radius 1 is 1.03 bits per heavy atom. The van der Waals surface area contributed by atoms with Crippen molar-refractivity contribution in [3.05, 3.63) is 23.8 Å². The summed E-state index contributed by atoms with van der Waals surface area (Å²) >= 11 is 0. The van der Waals surface area contributed by atoms with Crippen LogP contribution in [0, 0.1) is 11.8 Å². The second kappa shape index (κ2) is 14.2. The lowest BCUT2D eigenvalue weighted by atomic mass is 9.76. The third-order valence-corrected chi connectivity index (χ3v) is 5.32. The molecule has 0 aliphatic heterocycles. The maximum absolute atomic E-state index is 13.5. The van der Waals surface area contributed by atoms with Crippen molar-refractivity contribution in [3.8, 4) is 11.5 Å². The van der Waals surface area contributed by atoms with Gasteiger partial charge in [0.15, 0.2) is 5.78 Å². The van der Waals surface area contributed by atoms with Crippen LogP contribution in [0.15, 0.2) is 18.2 Å². The molecular formula is C22H35O6P. The standard InChI is InChI=1S/C22H32O5.H3OP/c1-4-5-9-15-27-22(24)19(16-11-7-6-8-12-16)21(23)20-17(25-2)13-10-14-18(20)26-3;1-2/h10,13-14,16,19H,4-9,11-12,15H2,1-3H3;2H3. The first-order valence-electron chi connectivity index (χ1n) is 10.3. The van der Waals surface area contributed by atoms with E-state index in [1.807, 2.05) is 0 Å². The molecule has 0 radical (unpaired) electrons. The number of unbranched alkanes of at least 4 members (excludes halogenated alkanes) is 2. The van der Waals surface area contributed by atoms with Gasteiger partial charge in [-0.1, -0.05) is 45.1 Å². The number of ketones is 1. The summed E-state index contributed by atoms with van der Waals surface area (Å²) in [5, 5.41) is 0. The molecule has 0 bridgehead atoms. The molecule has 29 heavy (non-hydrogen) atoms. The molecule has 1 aromatic rings. The van der Waals surface area contributed by atoms with E-state index < -0.39 is 11.9 Å². The van der Waals surface area contributed by atoms with Crippen LogP contribution in [0.2, 0.25) is 0 Å². The maximum atomic E-state index is 13.5. The van der Waals surface area contributed by atoms with Gasteiger partial charge in [-0.05, 0) is 37.3 Å². The highest BCUT2D eigenvalue weighted by atomic mass is 31.0. The highest BCUT2D eigenvalue weighted by molar-refractivity contribution is 7.00. The largest absolute Gasteiger partial charge is 0.496 e. The van der Waals surface area contributed by atoms with E-state index in [0.717, 1.165) is 51.4 Å². The summed E-state index contributed by atoms with van der Waals surface area (Å²) in [4.78, 5) is 26.4. The molecule has 0 N–H and O–H groups in total. The molecule has 6 nitrogen and oxygen atoms in total. The van der Waals surface area contributed by atoms with Gasteiger partial charge in [0.25, 0.3) is 0 Å². The van der Waals surface area contributed by atoms with Crippen LogP contribution in [0.5, 0.6) is 11.5 Å². The Balaban J connectivity index is 0.00000204. The molecule has 0 heterocycles. The molecule has 0 saturated heterocycles. The van der Waals surface area contributed by atoms with E-state index in [1.165, 1.54) is 14.2 Å². The molecule has 1 aliphatic carbocycles. The van der Waals surface area contributed by atoms with Crippen LogP contribution in [0.3, 0.4) is 0 Å². The van der Waals surface area contributed by atoms with E-state index in [4.69, 9.17) is 18.8 Å². The molecule has 1 aromatic carbocycles. The Morgan fingerprint density at radius 2 is 1.62 bits per heavy atom. The number of carbonyl (C=O) groups excluding carboxylic acids is 2. The molecule has 0 aromatic heterocycles. The lowest BCUT2D eigenvalue weighted by Gasteiger charge is -2.28. The van der Waals surface area contributed by atoms with E-state index in [2.05, 4.69) is 6.92 Å². The van der Waals surface area contributed by atoms with Crippen molar-refractivity contribution in [2.24, 2.45) is 11.8 Å². The van der Waals surface area contributed by atoms with Gasteiger partial charge in [-0.2, -0.15) is 0 Å². The van der Waals surface area contributed by atoms with E-state index in [-0.39, 0.29) is 11.7 Å². The summed E-state index contributed by atoms with van der Waals surface area (Å²) in [6.07, 6.45) is 7.88. The second-order valence-corrected chi connectivity index (χ2v) is 7.15. The van der Waals surface area contributed by atoms with Gasteiger partial charge in [-0.15, -0.1) is 0 Å². The summed E-state index contributed by atoms with van der Waals surface area (Å²) < 4.78 is 24.6.